The van der Waals surface area contributed by atoms with E-state index in [-0.39, 0.29) is 5.97 Å². The van der Waals surface area contributed by atoms with Crippen molar-refractivity contribution in [2.24, 2.45) is 0 Å². The van der Waals surface area contributed by atoms with Crippen LogP contribution in [0.1, 0.15) is 45.5 Å². The Bertz CT molecular complexity index is 461. The fraction of sp³-hybridized carbons (Fsp3) is 0.625. The summed E-state index contributed by atoms with van der Waals surface area (Å²) >= 11 is 0. The van der Waals surface area contributed by atoms with Crippen LogP contribution in [0, 0.1) is 6.92 Å². The largest absolute Gasteiger partial charge is 0.477 e. The van der Waals surface area contributed by atoms with Crippen LogP contribution in [0.4, 0.5) is 0 Å². The molecule has 1 rings (SSSR count). The predicted octanol–water partition coefficient (Wildman–Crippen LogP) is 2.61. The summed E-state index contributed by atoms with van der Waals surface area (Å²) in [5, 5.41) is 3.32. The molecular weight excluding hydrogens is 268 g/mol. The number of ether oxygens (including phenoxy) is 2. The van der Waals surface area contributed by atoms with Crippen LogP contribution in [-0.2, 0) is 16.1 Å². The van der Waals surface area contributed by atoms with E-state index in [9.17, 15) is 4.79 Å². The van der Waals surface area contributed by atoms with E-state index in [4.69, 9.17) is 9.47 Å². The molecule has 0 spiro atoms. The molecule has 21 heavy (non-hydrogen) atoms. The third-order valence-corrected chi connectivity index (χ3v) is 2.94. The van der Waals surface area contributed by atoms with Crippen molar-refractivity contribution in [3.8, 4) is 5.75 Å². The molecule has 0 amide bonds. The van der Waals surface area contributed by atoms with Gasteiger partial charge >= 0.3 is 5.97 Å². The normalized spacial score (nSPS) is 12.3. The Morgan fingerprint density at radius 2 is 2.05 bits per heavy atom. The Morgan fingerprint density at radius 3 is 2.62 bits per heavy atom. The van der Waals surface area contributed by atoms with Gasteiger partial charge in [0.2, 0.25) is 0 Å². The van der Waals surface area contributed by atoms with Crippen LogP contribution in [-0.4, -0.2) is 29.7 Å². The first-order valence-corrected chi connectivity index (χ1v) is 7.51. The number of hydrogen-bond acceptors (Lipinski definition) is 5. The summed E-state index contributed by atoms with van der Waals surface area (Å²) in [6.07, 6.45) is -0.0312. The summed E-state index contributed by atoms with van der Waals surface area (Å²) < 4.78 is 10.8. The molecule has 1 heterocycles. The lowest BCUT2D eigenvalue weighted by atomic mass is 10.2. The van der Waals surface area contributed by atoms with Crippen LogP contribution >= 0.6 is 0 Å². The molecule has 1 unspecified atom stereocenters. The number of carbonyl (C=O) groups excluding carboxylic acids is 1. The van der Waals surface area contributed by atoms with Crippen molar-refractivity contribution in [2.45, 2.75) is 59.7 Å². The predicted molar refractivity (Wildman–Crippen MR) is 82.3 cm³/mol. The maximum absolute atomic E-state index is 11.8. The van der Waals surface area contributed by atoms with Gasteiger partial charge in [-0.15, -0.1) is 0 Å². The number of rotatable bonds is 8. The molecule has 0 aromatic carbocycles. The van der Waals surface area contributed by atoms with Gasteiger partial charge in [-0.3, -0.25) is 4.98 Å². The molecule has 0 aliphatic carbocycles. The highest BCUT2D eigenvalue weighted by Crippen LogP contribution is 2.20. The van der Waals surface area contributed by atoms with Crippen molar-refractivity contribution in [1.29, 1.82) is 0 Å². The summed E-state index contributed by atoms with van der Waals surface area (Å²) in [7, 11) is 0. The molecule has 1 atom stereocenters. The number of pyridine rings is 1. The maximum atomic E-state index is 11.8. The highest BCUT2D eigenvalue weighted by Gasteiger charge is 2.21. The summed E-state index contributed by atoms with van der Waals surface area (Å²) in [4.78, 5) is 16.3. The molecule has 0 saturated carbocycles. The highest BCUT2D eigenvalue weighted by atomic mass is 16.6. The summed E-state index contributed by atoms with van der Waals surface area (Å²) in [6.45, 7) is 10.7. The molecule has 0 saturated heterocycles. The first-order chi connectivity index (χ1) is 9.97. The lowest BCUT2D eigenvalue weighted by molar-refractivity contribution is -0.151. The minimum absolute atomic E-state index is 0.330. The van der Waals surface area contributed by atoms with Crippen molar-refractivity contribution in [2.75, 3.05) is 6.61 Å². The number of nitrogens with zero attached hydrogens (tertiary/aromatic N) is 1. The standard InChI is InChI=1S/C16H26N2O3/c1-6-14(16(19)20-7-2)21-15-9-8-12(5)18-13(15)10-17-11(3)4/h8-9,11,14,17H,6-7,10H2,1-5H3. The Kier molecular flexibility index (Phi) is 7.15. The first-order valence-electron chi connectivity index (χ1n) is 7.51. The molecular formula is C16H26N2O3. The second-order valence-electron chi connectivity index (χ2n) is 5.20. The van der Waals surface area contributed by atoms with E-state index < -0.39 is 6.10 Å². The minimum atomic E-state index is -0.591. The van der Waals surface area contributed by atoms with Gasteiger partial charge in [-0.25, -0.2) is 4.79 Å². The summed E-state index contributed by atoms with van der Waals surface area (Å²) in [5.74, 6) is 0.303. The zero-order valence-corrected chi connectivity index (χ0v) is 13.6. The topological polar surface area (TPSA) is 60.5 Å². The van der Waals surface area contributed by atoms with E-state index in [1.165, 1.54) is 0 Å². The average molecular weight is 294 g/mol. The fourth-order valence-electron chi connectivity index (χ4n) is 1.82. The van der Waals surface area contributed by atoms with Crippen LogP contribution in [0.15, 0.2) is 12.1 Å². The molecule has 0 fully saturated rings. The van der Waals surface area contributed by atoms with Crippen molar-refractivity contribution < 1.29 is 14.3 Å². The average Bonchev–Trinajstić information content (AvgIpc) is 2.44. The van der Waals surface area contributed by atoms with Gasteiger partial charge in [-0.2, -0.15) is 0 Å². The molecule has 1 N–H and O–H groups in total. The van der Waals surface area contributed by atoms with Crippen molar-refractivity contribution in [1.82, 2.24) is 10.3 Å². The Labute approximate surface area is 127 Å². The van der Waals surface area contributed by atoms with Crippen molar-refractivity contribution in [3.05, 3.63) is 23.5 Å². The third kappa shape index (κ3) is 5.71. The Hall–Kier alpha value is -1.62. The molecule has 5 heteroatoms. The molecule has 0 aliphatic heterocycles. The summed E-state index contributed by atoms with van der Waals surface area (Å²) in [6, 6.07) is 4.10. The smallest absolute Gasteiger partial charge is 0.347 e. The van der Waals surface area contributed by atoms with Gasteiger partial charge in [-0.1, -0.05) is 20.8 Å². The number of aromatic nitrogens is 1. The minimum Gasteiger partial charge on any atom is -0.477 e. The van der Waals surface area contributed by atoms with Crippen LogP contribution < -0.4 is 10.1 Å². The van der Waals surface area contributed by atoms with Crippen LogP contribution in [0.5, 0.6) is 5.75 Å². The first kappa shape index (κ1) is 17.4. The lowest BCUT2D eigenvalue weighted by Crippen LogP contribution is -2.30. The summed E-state index contributed by atoms with van der Waals surface area (Å²) in [5.41, 5.74) is 1.73. The van der Waals surface area contributed by atoms with Crippen LogP contribution in [0.2, 0.25) is 0 Å². The fourth-order valence-corrected chi connectivity index (χ4v) is 1.82. The maximum Gasteiger partial charge on any atom is 0.347 e. The molecule has 5 nitrogen and oxygen atoms in total. The van der Waals surface area contributed by atoms with E-state index in [2.05, 4.69) is 24.1 Å². The van der Waals surface area contributed by atoms with Gasteiger partial charge < -0.3 is 14.8 Å². The third-order valence-electron chi connectivity index (χ3n) is 2.94. The van der Waals surface area contributed by atoms with E-state index in [1.54, 1.807) is 6.92 Å². The van der Waals surface area contributed by atoms with E-state index in [0.29, 0.717) is 31.4 Å². The van der Waals surface area contributed by atoms with Gasteiger partial charge in [0.1, 0.15) is 5.75 Å². The molecule has 1 aromatic rings. The Balaban J connectivity index is 2.87. The SMILES string of the molecule is CCOC(=O)C(CC)Oc1ccc(C)nc1CNC(C)C. The van der Waals surface area contributed by atoms with Crippen LogP contribution in [0.3, 0.4) is 0 Å². The quantitative estimate of drug-likeness (QED) is 0.747. The second-order valence-corrected chi connectivity index (χ2v) is 5.20. The zero-order valence-electron chi connectivity index (χ0n) is 13.6. The molecule has 0 radical (unpaired) electrons. The second kappa shape index (κ2) is 8.62. The number of hydrogen-bond donors (Lipinski definition) is 1. The van der Waals surface area contributed by atoms with E-state index >= 15 is 0 Å². The number of esters is 1. The van der Waals surface area contributed by atoms with Gasteiger partial charge in [0, 0.05) is 18.3 Å². The van der Waals surface area contributed by atoms with E-state index in [0.717, 1.165) is 11.4 Å². The molecule has 0 bridgehead atoms. The molecule has 118 valence electrons. The van der Waals surface area contributed by atoms with Gasteiger partial charge in [0.25, 0.3) is 0 Å². The van der Waals surface area contributed by atoms with Crippen molar-refractivity contribution in [3.63, 3.8) is 0 Å². The van der Waals surface area contributed by atoms with Crippen LogP contribution in [0.25, 0.3) is 0 Å². The monoisotopic (exact) mass is 294 g/mol. The van der Waals surface area contributed by atoms with Gasteiger partial charge in [-0.05, 0) is 32.4 Å². The van der Waals surface area contributed by atoms with Gasteiger partial charge in [0.05, 0.1) is 12.3 Å². The zero-order chi connectivity index (χ0) is 15.8. The number of carbonyl (C=O) groups is 1. The highest BCUT2D eigenvalue weighted by molar-refractivity contribution is 5.75. The lowest BCUT2D eigenvalue weighted by Gasteiger charge is -2.19. The number of nitrogens with one attached hydrogen (secondary N) is 1. The Morgan fingerprint density at radius 1 is 1.33 bits per heavy atom. The molecule has 0 aliphatic rings. The van der Waals surface area contributed by atoms with Crippen molar-refractivity contribution >= 4 is 5.97 Å². The molecule has 1 aromatic heterocycles. The number of aryl methyl sites for hydroxylation is 1. The van der Waals surface area contributed by atoms with E-state index in [1.807, 2.05) is 26.0 Å². The van der Waals surface area contributed by atoms with Gasteiger partial charge in [0.15, 0.2) is 6.10 Å².